The Hall–Kier alpha value is -5.38. The summed E-state index contributed by atoms with van der Waals surface area (Å²) < 4.78 is 8.95. The van der Waals surface area contributed by atoms with Crippen LogP contribution in [0.4, 0.5) is 17.1 Å². The monoisotopic (exact) mass is 567 g/mol. The van der Waals surface area contributed by atoms with Crippen molar-refractivity contribution in [2.45, 2.75) is 0 Å². The Morgan fingerprint density at radius 1 is 0.465 bits per heavy atom. The van der Waals surface area contributed by atoms with Gasteiger partial charge in [-0.3, -0.25) is 0 Å². The van der Waals surface area contributed by atoms with Gasteiger partial charge in [-0.25, -0.2) is 0 Å². The predicted octanol–water partition coefficient (Wildman–Crippen LogP) is 12.2. The first-order valence-corrected chi connectivity index (χ1v) is 15.3. The van der Waals surface area contributed by atoms with E-state index in [1.807, 2.05) is 23.5 Å². The summed E-state index contributed by atoms with van der Waals surface area (Å²) in [6.45, 7) is 0. The average Bonchev–Trinajstić information content (AvgIpc) is 3.65. The number of furan rings is 1. The Kier molecular flexibility index (Phi) is 5.40. The lowest BCUT2D eigenvalue weighted by Crippen LogP contribution is -2.10. The lowest BCUT2D eigenvalue weighted by atomic mass is 9.99. The van der Waals surface area contributed by atoms with Gasteiger partial charge in [-0.1, -0.05) is 97.1 Å². The molecule has 2 nitrogen and oxygen atoms in total. The van der Waals surface area contributed by atoms with Gasteiger partial charge in [-0.05, 0) is 76.5 Å². The third-order valence-electron chi connectivity index (χ3n) is 8.45. The summed E-state index contributed by atoms with van der Waals surface area (Å²) in [4.78, 5) is 2.33. The van der Waals surface area contributed by atoms with Crippen LogP contribution in [0, 0.1) is 0 Å². The van der Waals surface area contributed by atoms with E-state index in [0.29, 0.717) is 0 Å². The molecule has 0 aliphatic heterocycles. The first kappa shape index (κ1) is 24.2. The molecule has 0 atom stereocenters. The van der Waals surface area contributed by atoms with Gasteiger partial charge in [0.05, 0.1) is 11.1 Å². The molecule has 7 aromatic carbocycles. The van der Waals surface area contributed by atoms with E-state index in [-0.39, 0.29) is 0 Å². The second kappa shape index (κ2) is 9.59. The van der Waals surface area contributed by atoms with Crippen molar-refractivity contribution >= 4 is 81.3 Å². The van der Waals surface area contributed by atoms with Crippen molar-refractivity contribution in [3.8, 4) is 11.1 Å². The molecule has 0 aliphatic carbocycles. The first-order valence-electron chi connectivity index (χ1n) is 14.5. The smallest absolute Gasteiger partial charge is 0.137 e. The number of fused-ring (bicyclic) bond motifs is 8. The van der Waals surface area contributed by atoms with Crippen molar-refractivity contribution in [3.05, 3.63) is 152 Å². The van der Waals surface area contributed by atoms with Crippen LogP contribution in [0.1, 0.15) is 0 Å². The molecule has 0 aliphatic rings. The molecule has 9 aromatic rings. The topological polar surface area (TPSA) is 16.4 Å². The van der Waals surface area contributed by atoms with E-state index in [1.54, 1.807) is 0 Å². The second-order valence-electron chi connectivity index (χ2n) is 10.9. The van der Waals surface area contributed by atoms with Crippen LogP contribution in [0.5, 0.6) is 0 Å². The number of rotatable bonds is 4. The molecule has 2 aromatic heterocycles. The highest BCUT2D eigenvalue weighted by Gasteiger charge is 2.19. The van der Waals surface area contributed by atoms with Crippen LogP contribution in [0.2, 0.25) is 0 Å². The maximum atomic E-state index is 6.24. The molecular weight excluding hydrogens is 543 g/mol. The normalized spacial score (nSPS) is 11.7. The van der Waals surface area contributed by atoms with Gasteiger partial charge >= 0.3 is 0 Å². The molecule has 202 valence electrons. The molecule has 0 amide bonds. The zero-order valence-electron chi connectivity index (χ0n) is 23.2. The second-order valence-corrected chi connectivity index (χ2v) is 12.0. The fourth-order valence-corrected chi connectivity index (χ4v) is 7.68. The summed E-state index contributed by atoms with van der Waals surface area (Å²) in [5, 5.41) is 7.50. The van der Waals surface area contributed by atoms with E-state index in [2.05, 4.69) is 144 Å². The van der Waals surface area contributed by atoms with Gasteiger partial charge in [0.2, 0.25) is 0 Å². The summed E-state index contributed by atoms with van der Waals surface area (Å²) in [5.74, 6) is 0. The van der Waals surface area contributed by atoms with Gasteiger partial charge in [0.15, 0.2) is 0 Å². The fourth-order valence-electron chi connectivity index (χ4n) is 6.44. The maximum Gasteiger partial charge on any atom is 0.137 e. The highest BCUT2D eigenvalue weighted by atomic mass is 32.1. The molecular formula is C40H25NOS. The summed E-state index contributed by atoms with van der Waals surface area (Å²) >= 11 is 1.88. The van der Waals surface area contributed by atoms with Gasteiger partial charge in [0, 0.05) is 36.9 Å². The number of thiophene rings is 1. The largest absolute Gasteiger partial charge is 0.456 e. The Balaban J connectivity index is 1.16. The molecule has 0 saturated heterocycles. The van der Waals surface area contributed by atoms with Crippen LogP contribution in [0.15, 0.2) is 156 Å². The minimum absolute atomic E-state index is 0.889. The van der Waals surface area contributed by atoms with Crippen molar-refractivity contribution in [1.82, 2.24) is 0 Å². The van der Waals surface area contributed by atoms with Crippen molar-refractivity contribution in [1.29, 1.82) is 0 Å². The average molecular weight is 568 g/mol. The van der Waals surface area contributed by atoms with Crippen LogP contribution in [0.3, 0.4) is 0 Å². The molecule has 43 heavy (non-hydrogen) atoms. The standard InChI is InChI=1S/C40H25NOS/c1-2-9-29(10-3-1)41(35-13-8-15-37-39(35)34-12-4-6-14-36(34)42-37)30-21-17-26(18-22-30)27-19-23-31-28(25-27)20-24-33-32-11-5-7-16-38(32)43-40(31)33/h1-25H. The highest BCUT2D eigenvalue weighted by molar-refractivity contribution is 7.26. The zero-order chi connectivity index (χ0) is 28.3. The summed E-state index contributed by atoms with van der Waals surface area (Å²) in [5.41, 5.74) is 7.50. The fraction of sp³-hybridized carbons (Fsp3) is 0. The van der Waals surface area contributed by atoms with E-state index in [0.717, 1.165) is 39.0 Å². The highest BCUT2D eigenvalue weighted by Crippen LogP contribution is 2.43. The molecule has 0 saturated carbocycles. The third-order valence-corrected chi connectivity index (χ3v) is 9.67. The van der Waals surface area contributed by atoms with Crippen molar-refractivity contribution in [2.24, 2.45) is 0 Å². The number of para-hydroxylation sites is 2. The number of benzene rings is 7. The Labute approximate surface area is 252 Å². The Morgan fingerprint density at radius 2 is 1.16 bits per heavy atom. The molecule has 0 N–H and O–H groups in total. The van der Waals surface area contributed by atoms with Crippen molar-refractivity contribution in [3.63, 3.8) is 0 Å². The third kappa shape index (κ3) is 3.86. The van der Waals surface area contributed by atoms with Gasteiger partial charge < -0.3 is 9.32 Å². The molecule has 0 bridgehead atoms. The van der Waals surface area contributed by atoms with E-state index in [9.17, 15) is 0 Å². The van der Waals surface area contributed by atoms with Crippen LogP contribution < -0.4 is 4.90 Å². The van der Waals surface area contributed by atoms with E-state index in [4.69, 9.17) is 4.42 Å². The number of anilines is 3. The SMILES string of the molecule is c1ccc(N(c2ccc(-c3ccc4c(ccc5c6ccccc6sc45)c3)cc2)c2cccc3oc4ccccc4c23)cc1. The number of nitrogens with zero attached hydrogens (tertiary/aromatic N) is 1. The van der Waals surface area contributed by atoms with Crippen LogP contribution in [-0.4, -0.2) is 0 Å². The minimum Gasteiger partial charge on any atom is -0.456 e. The molecule has 0 radical (unpaired) electrons. The number of hydrogen-bond acceptors (Lipinski definition) is 3. The van der Waals surface area contributed by atoms with E-state index < -0.39 is 0 Å². The molecule has 3 heteroatoms. The molecule has 0 unspecified atom stereocenters. The van der Waals surface area contributed by atoms with Crippen molar-refractivity contribution in [2.75, 3.05) is 4.90 Å². The summed E-state index contributed by atoms with van der Waals surface area (Å²) in [7, 11) is 0. The summed E-state index contributed by atoms with van der Waals surface area (Å²) in [6, 6.07) is 54.2. The number of hydrogen-bond donors (Lipinski definition) is 0. The Bertz CT molecular complexity index is 2450. The summed E-state index contributed by atoms with van der Waals surface area (Å²) in [6.07, 6.45) is 0. The van der Waals surface area contributed by atoms with Crippen LogP contribution >= 0.6 is 11.3 Å². The molecule has 0 spiro atoms. The Morgan fingerprint density at radius 3 is 2.05 bits per heavy atom. The van der Waals surface area contributed by atoms with Crippen LogP contribution in [-0.2, 0) is 0 Å². The molecule has 9 rings (SSSR count). The molecule has 0 fully saturated rings. The lowest BCUT2D eigenvalue weighted by Gasteiger charge is -2.26. The van der Waals surface area contributed by atoms with Gasteiger partial charge in [-0.2, -0.15) is 0 Å². The quantitative estimate of drug-likeness (QED) is 0.210. The van der Waals surface area contributed by atoms with E-state index >= 15 is 0 Å². The first-order chi connectivity index (χ1) is 21.3. The zero-order valence-corrected chi connectivity index (χ0v) is 24.0. The van der Waals surface area contributed by atoms with E-state index in [1.165, 1.54) is 42.1 Å². The lowest BCUT2D eigenvalue weighted by molar-refractivity contribution is 0.669. The van der Waals surface area contributed by atoms with Crippen LogP contribution in [0.25, 0.3) is 64.0 Å². The van der Waals surface area contributed by atoms with Gasteiger partial charge in [-0.15, -0.1) is 11.3 Å². The predicted molar refractivity (Wildman–Crippen MR) is 184 cm³/mol. The minimum atomic E-state index is 0.889. The van der Waals surface area contributed by atoms with Crippen molar-refractivity contribution < 1.29 is 4.42 Å². The van der Waals surface area contributed by atoms with Gasteiger partial charge in [0.25, 0.3) is 0 Å². The van der Waals surface area contributed by atoms with Gasteiger partial charge in [0.1, 0.15) is 11.2 Å². The maximum absolute atomic E-state index is 6.24. The molecule has 2 heterocycles.